The molecule has 1 unspecified atom stereocenters. The third kappa shape index (κ3) is 4.44. The molecule has 0 saturated heterocycles. The summed E-state index contributed by atoms with van der Waals surface area (Å²) in [5.41, 5.74) is 2.10. The molecule has 0 bridgehead atoms. The lowest BCUT2D eigenvalue weighted by Crippen LogP contribution is -2.22. The maximum Gasteiger partial charge on any atom is 0.123 e. The van der Waals surface area contributed by atoms with Crippen molar-refractivity contribution < 1.29 is 4.39 Å². The minimum atomic E-state index is -0.221. The molecule has 0 heterocycles. The van der Waals surface area contributed by atoms with Crippen molar-refractivity contribution in [2.75, 3.05) is 13.1 Å². The normalized spacial score (nSPS) is 12.4. The van der Waals surface area contributed by atoms with Crippen LogP contribution in [-0.2, 0) is 6.42 Å². The largest absolute Gasteiger partial charge is 0.316 e. The summed E-state index contributed by atoms with van der Waals surface area (Å²) in [6, 6.07) is 12.3. The van der Waals surface area contributed by atoms with E-state index in [1.54, 1.807) is 6.07 Å². The highest BCUT2D eigenvalue weighted by Crippen LogP contribution is 2.30. The van der Waals surface area contributed by atoms with Crippen LogP contribution in [0.2, 0.25) is 10.0 Å². The van der Waals surface area contributed by atoms with Gasteiger partial charge in [0.1, 0.15) is 5.82 Å². The molecule has 0 fully saturated rings. The van der Waals surface area contributed by atoms with Crippen LogP contribution in [0.25, 0.3) is 0 Å². The first kappa shape index (κ1) is 16.3. The second-order valence-electron chi connectivity index (χ2n) is 4.97. The Kier molecular flexibility index (Phi) is 6.04. The molecule has 112 valence electrons. The summed E-state index contributed by atoms with van der Waals surface area (Å²) in [5, 5.41) is 4.51. The smallest absolute Gasteiger partial charge is 0.123 e. The third-order valence-corrected chi connectivity index (χ3v) is 4.34. The summed E-state index contributed by atoms with van der Waals surface area (Å²) in [7, 11) is 0. The maximum atomic E-state index is 13.1. The van der Waals surface area contributed by atoms with E-state index in [1.165, 1.54) is 12.1 Å². The highest BCUT2D eigenvalue weighted by molar-refractivity contribution is 6.42. The number of nitrogens with one attached hydrogen (secondary N) is 1. The number of hydrogen-bond acceptors (Lipinski definition) is 1. The molecule has 0 aliphatic carbocycles. The Bertz CT molecular complexity index is 584. The Morgan fingerprint density at radius 1 is 1.10 bits per heavy atom. The lowest BCUT2D eigenvalue weighted by atomic mass is 9.92. The fraction of sp³-hybridized carbons (Fsp3) is 0.294. The molecular formula is C17H18Cl2FN. The fourth-order valence-corrected chi connectivity index (χ4v) is 2.73. The first-order valence-corrected chi connectivity index (χ1v) is 7.76. The van der Waals surface area contributed by atoms with Crippen molar-refractivity contribution in [2.45, 2.75) is 19.3 Å². The SMILES string of the molecule is CCNCC(Cc1cccc(Cl)c1Cl)c1ccc(F)cc1. The van der Waals surface area contributed by atoms with Gasteiger partial charge in [-0.1, -0.05) is 54.4 Å². The average Bonchev–Trinajstić information content (AvgIpc) is 2.49. The molecule has 2 aromatic rings. The van der Waals surface area contributed by atoms with E-state index in [4.69, 9.17) is 23.2 Å². The Morgan fingerprint density at radius 2 is 1.81 bits per heavy atom. The van der Waals surface area contributed by atoms with E-state index >= 15 is 0 Å². The molecule has 0 aromatic heterocycles. The van der Waals surface area contributed by atoms with Gasteiger partial charge in [0.05, 0.1) is 10.0 Å². The molecule has 4 heteroatoms. The molecule has 1 N–H and O–H groups in total. The second-order valence-corrected chi connectivity index (χ2v) is 5.76. The standard InChI is InChI=1S/C17H18Cl2FN/c1-2-21-11-14(12-6-8-15(20)9-7-12)10-13-4-3-5-16(18)17(13)19/h3-9,14,21H,2,10-11H2,1H3. The lowest BCUT2D eigenvalue weighted by molar-refractivity contribution is 0.590. The van der Waals surface area contributed by atoms with Crippen LogP contribution in [0.15, 0.2) is 42.5 Å². The van der Waals surface area contributed by atoms with E-state index in [-0.39, 0.29) is 11.7 Å². The Morgan fingerprint density at radius 3 is 2.48 bits per heavy atom. The Labute approximate surface area is 135 Å². The van der Waals surface area contributed by atoms with Crippen LogP contribution >= 0.6 is 23.2 Å². The predicted octanol–water partition coefficient (Wildman–Crippen LogP) is 5.07. The molecule has 2 aromatic carbocycles. The van der Waals surface area contributed by atoms with Crippen LogP contribution in [0.1, 0.15) is 24.0 Å². The highest BCUT2D eigenvalue weighted by Gasteiger charge is 2.15. The lowest BCUT2D eigenvalue weighted by Gasteiger charge is -2.19. The maximum absolute atomic E-state index is 13.1. The molecule has 0 radical (unpaired) electrons. The summed E-state index contributed by atoms with van der Waals surface area (Å²) in [6.07, 6.45) is 0.762. The van der Waals surface area contributed by atoms with E-state index in [0.717, 1.165) is 30.6 Å². The van der Waals surface area contributed by atoms with Crippen molar-refractivity contribution in [2.24, 2.45) is 0 Å². The van der Waals surface area contributed by atoms with Gasteiger partial charge < -0.3 is 5.32 Å². The van der Waals surface area contributed by atoms with E-state index < -0.39 is 0 Å². The molecule has 0 spiro atoms. The van der Waals surface area contributed by atoms with Gasteiger partial charge in [-0.25, -0.2) is 4.39 Å². The molecule has 0 amide bonds. The molecule has 21 heavy (non-hydrogen) atoms. The van der Waals surface area contributed by atoms with Gasteiger partial charge in [0.25, 0.3) is 0 Å². The van der Waals surface area contributed by atoms with Gasteiger partial charge in [-0.3, -0.25) is 0 Å². The zero-order valence-corrected chi connectivity index (χ0v) is 13.4. The molecule has 0 aliphatic heterocycles. The Hall–Kier alpha value is -1.09. The predicted molar refractivity (Wildman–Crippen MR) is 87.9 cm³/mol. The minimum absolute atomic E-state index is 0.221. The number of hydrogen-bond donors (Lipinski definition) is 1. The molecule has 0 aliphatic rings. The molecule has 0 saturated carbocycles. The topological polar surface area (TPSA) is 12.0 Å². The van der Waals surface area contributed by atoms with Crippen molar-refractivity contribution in [1.29, 1.82) is 0 Å². The third-order valence-electron chi connectivity index (χ3n) is 3.48. The van der Waals surface area contributed by atoms with Crippen LogP contribution < -0.4 is 5.32 Å². The van der Waals surface area contributed by atoms with Crippen LogP contribution in [0.4, 0.5) is 4.39 Å². The van der Waals surface area contributed by atoms with Crippen molar-refractivity contribution in [3.05, 3.63) is 69.5 Å². The van der Waals surface area contributed by atoms with E-state index in [0.29, 0.717) is 10.0 Å². The van der Waals surface area contributed by atoms with E-state index in [2.05, 4.69) is 12.2 Å². The fourth-order valence-electron chi connectivity index (χ4n) is 2.33. The van der Waals surface area contributed by atoms with Gasteiger partial charge in [0, 0.05) is 12.5 Å². The van der Waals surface area contributed by atoms with Crippen molar-refractivity contribution in [3.63, 3.8) is 0 Å². The minimum Gasteiger partial charge on any atom is -0.316 e. The van der Waals surface area contributed by atoms with Crippen molar-refractivity contribution in [3.8, 4) is 0 Å². The monoisotopic (exact) mass is 325 g/mol. The highest BCUT2D eigenvalue weighted by atomic mass is 35.5. The number of halogens is 3. The summed E-state index contributed by atoms with van der Waals surface area (Å²) >= 11 is 12.3. The van der Waals surface area contributed by atoms with Gasteiger partial charge in [0.15, 0.2) is 0 Å². The number of rotatable bonds is 6. The summed E-state index contributed by atoms with van der Waals surface area (Å²) < 4.78 is 13.1. The molecule has 1 atom stereocenters. The number of benzene rings is 2. The molecule has 1 nitrogen and oxygen atoms in total. The average molecular weight is 326 g/mol. The summed E-state index contributed by atoms with van der Waals surface area (Å²) in [5.74, 6) is 0.00301. The van der Waals surface area contributed by atoms with E-state index in [9.17, 15) is 4.39 Å². The summed E-state index contributed by atoms with van der Waals surface area (Å²) in [6.45, 7) is 3.76. The van der Waals surface area contributed by atoms with Gasteiger partial charge in [-0.05, 0) is 42.3 Å². The van der Waals surface area contributed by atoms with Gasteiger partial charge in [-0.15, -0.1) is 0 Å². The van der Waals surface area contributed by atoms with Gasteiger partial charge in [0.2, 0.25) is 0 Å². The van der Waals surface area contributed by atoms with Crippen LogP contribution in [0.5, 0.6) is 0 Å². The zero-order chi connectivity index (χ0) is 15.2. The van der Waals surface area contributed by atoms with E-state index in [1.807, 2.05) is 24.3 Å². The first-order valence-electron chi connectivity index (χ1n) is 7.01. The second kappa shape index (κ2) is 7.79. The first-order chi connectivity index (χ1) is 10.1. The van der Waals surface area contributed by atoms with Crippen LogP contribution in [0.3, 0.4) is 0 Å². The van der Waals surface area contributed by atoms with Crippen molar-refractivity contribution >= 4 is 23.2 Å². The van der Waals surface area contributed by atoms with Gasteiger partial charge in [-0.2, -0.15) is 0 Å². The Balaban J connectivity index is 2.23. The van der Waals surface area contributed by atoms with Gasteiger partial charge >= 0.3 is 0 Å². The van der Waals surface area contributed by atoms with Crippen LogP contribution in [0, 0.1) is 5.82 Å². The van der Waals surface area contributed by atoms with Crippen molar-refractivity contribution in [1.82, 2.24) is 5.32 Å². The molecular weight excluding hydrogens is 308 g/mol. The quantitative estimate of drug-likeness (QED) is 0.782. The number of likely N-dealkylation sites (N-methyl/N-ethyl adjacent to an activating group) is 1. The summed E-state index contributed by atoms with van der Waals surface area (Å²) in [4.78, 5) is 0. The zero-order valence-electron chi connectivity index (χ0n) is 11.9. The molecule has 2 rings (SSSR count). The van der Waals surface area contributed by atoms with Crippen LogP contribution in [-0.4, -0.2) is 13.1 Å².